The molecule has 0 spiro atoms. The van der Waals surface area contributed by atoms with Crippen LogP contribution >= 0.6 is 0 Å². The minimum absolute atomic E-state index is 0.0722. The fourth-order valence-corrected chi connectivity index (χ4v) is 2.31. The molecule has 0 heterocycles. The van der Waals surface area contributed by atoms with Gasteiger partial charge >= 0.3 is 11.8 Å². The smallest absolute Gasteiger partial charge is 0.327 e. The average molecular weight is 305 g/mol. The van der Waals surface area contributed by atoms with Gasteiger partial charge in [-0.3, -0.25) is 25.2 Å². The summed E-state index contributed by atoms with van der Waals surface area (Å²) in [6.07, 6.45) is 2.99. The number of rotatable bonds is 3. The fourth-order valence-electron chi connectivity index (χ4n) is 2.31. The molecule has 0 radical (unpaired) electrons. The topological polar surface area (TPSA) is 87.3 Å². The Morgan fingerprint density at radius 2 is 1.64 bits per heavy atom. The summed E-state index contributed by atoms with van der Waals surface area (Å²) >= 11 is 0. The van der Waals surface area contributed by atoms with Gasteiger partial charge < -0.3 is 5.32 Å². The normalized spacial score (nSPS) is 18.2. The van der Waals surface area contributed by atoms with E-state index < -0.39 is 23.1 Å². The van der Waals surface area contributed by atoms with Crippen molar-refractivity contribution in [2.24, 2.45) is 0 Å². The van der Waals surface area contributed by atoms with E-state index in [4.69, 9.17) is 0 Å². The van der Waals surface area contributed by atoms with Crippen molar-refractivity contribution in [2.45, 2.75) is 37.1 Å². The lowest BCUT2D eigenvalue weighted by Crippen LogP contribution is -2.51. The van der Waals surface area contributed by atoms with E-state index in [0.717, 1.165) is 12.8 Å². The first-order valence-corrected chi connectivity index (χ1v) is 7.19. The van der Waals surface area contributed by atoms with E-state index >= 15 is 0 Å². The van der Waals surface area contributed by atoms with E-state index in [1.54, 1.807) is 12.1 Å². The third-order valence-corrected chi connectivity index (χ3v) is 3.99. The highest BCUT2D eigenvalue weighted by Crippen LogP contribution is 2.48. The summed E-state index contributed by atoms with van der Waals surface area (Å²) < 4.78 is 12.9. The molecule has 0 aromatic heterocycles. The number of halogens is 1. The van der Waals surface area contributed by atoms with Gasteiger partial charge in [-0.2, -0.15) is 0 Å². The second-order valence-corrected chi connectivity index (χ2v) is 5.74. The second-order valence-electron chi connectivity index (χ2n) is 5.74. The number of hydrazine groups is 1. The van der Waals surface area contributed by atoms with E-state index in [0.29, 0.717) is 18.4 Å². The molecule has 6 nitrogen and oxygen atoms in total. The number of carbonyl (C=O) groups is 3. The van der Waals surface area contributed by atoms with Crippen LogP contribution in [0.5, 0.6) is 0 Å². The van der Waals surface area contributed by atoms with Gasteiger partial charge in [-0.1, -0.05) is 12.1 Å². The first-order chi connectivity index (χ1) is 10.5. The number of carbonyl (C=O) groups excluding carboxylic acids is 3. The van der Waals surface area contributed by atoms with Crippen LogP contribution < -0.4 is 16.2 Å². The van der Waals surface area contributed by atoms with Gasteiger partial charge in [0.1, 0.15) is 5.82 Å². The summed E-state index contributed by atoms with van der Waals surface area (Å²) in [5, 5.41) is 2.53. The summed E-state index contributed by atoms with van der Waals surface area (Å²) in [5.74, 6) is -2.42. The number of nitrogens with one attached hydrogen (secondary N) is 3. The molecule has 2 aliphatic rings. The largest absolute Gasteiger partial charge is 0.345 e. The standard InChI is InChI=1S/C15H16FN3O3/c16-10-3-1-9(2-4-10)15(7-8-15)14(22)19-18-13(21)12(20)17-11-5-6-11/h1-4,11H,5-8H2,(H,17,20)(H,18,21)(H,19,22). The van der Waals surface area contributed by atoms with Crippen molar-refractivity contribution in [1.82, 2.24) is 16.2 Å². The van der Waals surface area contributed by atoms with Crippen LogP contribution in [-0.4, -0.2) is 23.8 Å². The van der Waals surface area contributed by atoms with E-state index in [1.165, 1.54) is 12.1 Å². The zero-order chi connectivity index (χ0) is 15.7. The minimum Gasteiger partial charge on any atom is -0.345 e. The van der Waals surface area contributed by atoms with Crippen LogP contribution in [-0.2, 0) is 19.8 Å². The molecule has 0 unspecified atom stereocenters. The first-order valence-electron chi connectivity index (χ1n) is 7.19. The zero-order valence-electron chi connectivity index (χ0n) is 11.8. The maximum absolute atomic E-state index is 12.9. The van der Waals surface area contributed by atoms with Crippen molar-refractivity contribution in [1.29, 1.82) is 0 Å². The molecule has 0 atom stereocenters. The van der Waals surface area contributed by atoms with Crippen LogP contribution in [0.4, 0.5) is 4.39 Å². The Balaban J connectivity index is 1.56. The average Bonchev–Trinajstić information content (AvgIpc) is 3.39. The predicted octanol–water partition coefficient (Wildman–Crippen LogP) is 0.283. The van der Waals surface area contributed by atoms with Crippen LogP contribution in [0.2, 0.25) is 0 Å². The first kappa shape index (κ1) is 14.5. The van der Waals surface area contributed by atoms with Crippen molar-refractivity contribution < 1.29 is 18.8 Å². The summed E-state index contributed by atoms with van der Waals surface area (Å²) in [7, 11) is 0. The molecule has 3 rings (SSSR count). The molecule has 3 amide bonds. The Morgan fingerprint density at radius 3 is 2.18 bits per heavy atom. The van der Waals surface area contributed by atoms with Gasteiger partial charge in [-0.25, -0.2) is 4.39 Å². The van der Waals surface area contributed by atoms with E-state index in [9.17, 15) is 18.8 Å². The summed E-state index contributed by atoms with van der Waals surface area (Å²) in [4.78, 5) is 35.2. The number of hydrogen-bond acceptors (Lipinski definition) is 3. The van der Waals surface area contributed by atoms with Crippen molar-refractivity contribution in [3.8, 4) is 0 Å². The van der Waals surface area contributed by atoms with E-state index in [-0.39, 0.29) is 11.9 Å². The lowest BCUT2D eigenvalue weighted by molar-refractivity contribution is -0.141. The number of amides is 3. The van der Waals surface area contributed by atoms with Crippen LogP contribution in [0.1, 0.15) is 31.2 Å². The predicted molar refractivity (Wildman–Crippen MR) is 74.8 cm³/mol. The van der Waals surface area contributed by atoms with Gasteiger partial charge in [0.25, 0.3) is 0 Å². The van der Waals surface area contributed by atoms with Crippen LogP contribution in [0.25, 0.3) is 0 Å². The van der Waals surface area contributed by atoms with Crippen LogP contribution in [0.15, 0.2) is 24.3 Å². The summed E-state index contributed by atoms with van der Waals surface area (Å²) in [5.41, 5.74) is 4.35. The molecule has 0 bridgehead atoms. The minimum atomic E-state index is -0.893. The molecule has 3 N–H and O–H groups in total. The van der Waals surface area contributed by atoms with Gasteiger partial charge in [0.2, 0.25) is 5.91 Å². The van der Waals surface area contributed by atoms with E-state index in [2.05, 4.69) is 16.2 Å². The number of hydrogen-bond donors (Lipinski definition) is 3. The van der Waals surface area contributed by atoms with Gasteiger partial charge in [0.15, 0.2) is 0 Å². The molecular formula is C15H16FN3O3. The maximum atomic E-state index is 12.9. The lowest BCUT2D eigenvalue weighted by atomic mass is 9.95. The van der Waals surface area contributed by atoms with Crippen molar-refractivity contribution in [2.75, 3.05) is 0 Å². The van der Waals surface area contributed by atoms with Gasteiger partial charge in [0, 0.05) is 6.04 Å². The van der Waals surface area contributed by atoms with Crippen molar-refractivity contribution in [3.05, 3.63) is 35.6 Å². The molecule has 1 aromatic carbocycles. The summed E-state index contributed by atoms with van der Waals surface area (Å²) in [6, 6.07) is 5.78. The van der Waals surface area contributed by atoms with Crippen molar-refractivity contribution in [3.63, 3.8) is 0 Å². The number of benzene rings is 1. The second kappa shape index (κ2) is 5.40. The lowest BCUT2D eigenvalue weighted by Gasteiger charge is -2.16. The third-order valence-electron chi connectivity index (χ3n) is 3.99. The fraction of sp³-hybridized carbons (Fsp3) is 0.400. The Labute approximate surface area is 126 Å². The van der Waals surface area contributed by atoms with Crippen molar-refractivity contribution >= 4 is 17.7 Å². The van der Waals surface area contributed by atoms with Gasteiger partial charge in [-0.05, 0) is 43.4 Å². The molecule has 0 saturated heterocycles. The molecule has 2 fully saturated rings. The molecule has 0 aliphatic heterocycles. The Morgan fingerprint density at radius 1 is 1.00 bits per heavy atom. The van der Waals surface area contributed by atoms with Crippen LogP contribution in [0, 0.1) is 5.82 Å². The van der Waals surface area contributed by atoms with E-state index in [1.807, 2.05) is 0 Å². The van der Waals surface area contributed by atoms with Gasteiger partial charge in [-0.15, -0.1) is 0 Å². The molecule has 2 aliphatic carbocycles. The highest BCUT2D eigenvalue weighted by atomic mass is 19.1. The monoisotopic (exact) mass is 305 g/mol. The highest BCUT2D eigenvalue weighted by molar-refractivity contribution is 6.35. The molecule has 22 heavy (non-hydrogen) atoms. The zero-order valence-corrected chi connectivity index (χ0v) is 11.8. The molecule has 1 aromatic rings. The quantitative estimate of drug-likeness (QED) is 0.554. The SMILES string of the molecule is O=C(NNC(=O)C1(c2ccc(F)cc2)CC1)C(=O)NC1CC1. The Bertz CT molecular complexity index is 621. The van der Waals surface area contributed by atoms with Crippen LogP contribution in [0.3, 0.4) is 0 Å². The van der Waals surface area contributed by atoms with Gasteiger partial charge in [0.05, 0.1) is 5.41 Å². The Hall–Kier alpha value is -2.44. The Kier molecular flexibility index (Phi) is 3.56. The molecule has 116 valence electrons. The molecule has 2 saturated carbocycles. The maximum Gasteiger partial charge on any atom is 0.327 e. The summed E-state index contributed by atoms with van der Waals surface area (Å²) in [6.45, 7) is 0. The molecular weight excluding hydrogens is 289 g/mol. The highest BCUT2D eigenvalue weighted by Gasteiger charge is 2.51. The molecule has 7 heteroatoms. The third kappa shape index (κ3) is 2.93.